The lowest BCUT2D eigenvalue weighted by Crippen LogP contribution is -2.43. The van der Waals surface area contributed by atoms with Crippen molar-refractivity contribution in [2.45, 2.75) is 19.0 Å². The zero-order chi connectivity index (χ0) is 15.3. The Bertz CT molecular complexity index is 568. The van der Waals surface area contributed by atoms with E-state index in [0.29, 0.717) is 5.56 Å². The second kappa shape index (κ2) is 6.63. The van der Waals surface area contributed by atoms with Gasteiger partial charge < -0.3 is 16.4 Å². The van der Waals surface area contributed by atoms with Crippen molar-refractivity contribution in [1.82, 2.24) is 4.90 Å². The molecule has 0 aromatic heterocycles. The van der Waals surface area contributed by atoms with E-state index < -0.39 is 23.7 Å². The molecule has 20 heavy (non-hydrogen) atoms. The molecule has 0 radical (unpaired) electrons. The molecule has 0 bridgehead atoms. The van der Waals surface area contributed by atoms with Crippen LogP contribution in [0.15, 0.2) is 18.2 Å². The van der Waals surface area contributed by atoms with Crippen LogP contribution < -0.4 is 11.5 Å². The van der Waals surface area contributed by atoms with Crippen molar-refractivity contribution in [3.05, 3.63) is 35.1 Å². The Labute approximate surface area is 115 Å². The molecule has 0 fully saturated rings. The molecule has 1 atom stereocenters. The molecular weight excluding hydrogens is 263 g/mol. The van der Waals surface area contributed by atoms with Crippen LogP contribution in [0.3, 0.4) is 0 Å². The number of hydrogen-bond acceptors (Lipinski definition) is 4. The molecule has 4 N–H and O–H groups in total. The van der Waals surface area contributed by atoms with Gasteiger partial charge in [0.05, 0.1) is 24.1 Å². The number of nitrogens with two attached hydrogens (primary N) is 2. The van der Waals surface area contributed by atoms with Crippen LogP contribution in [0, 0.1) is 17.1 Å². The smallest absolute Gasteiger partial charge is 0.240 e. The fraction of sp³-hybridized carbons (Fsp3) is 0.308. The Morgan fingerprint density at radius 3 is 2.70 bits per heavy atom. The lowest BCUT2D eigenvalue weighted by molar-refractivity contribution is -0.134. The first-order valence-corrected chi connectivity index (χ1v) is 5.82. The number of likely N-dealkylation sites (N-methyl/N-ethyl adjacent to an activating group) is 1. The third kappa shape index (κ3) is 4.03. The fourth-order valence-corrected chi connectivity index (χ4v) is 1.69. The SMILES string of the molecule is CN(Cc1cc(C#N)ccc1F)C(=O)C(N)CC(N)=O. The van der Waals surface area contributed by atoms with Gasteiger partial charge in [-0.15, -0.1) is 0 Å². The fourth-order valence-electron chi connectivity index (χ4n) is 1.69. The molecule has 0 aliphatic heterocycles. The molecular formula is C13H15FN4O2. The Morgan fingerprint density at radius 1 is 1.50 bits per heavy atom. The maximum atomic E-state index is 13.6. The highest BCUT2D eigenvalue weighted by molar-refractivity contribution is 5.87. The molecule has 1 rings (SSSR count). The summed E-state index contributed by atoms with van der Waals surface area (Å²) in [6, 6.07) is 4.70. The Balaban J connectivity index is 2.80. The molecule has 0 aliphatic rings. The predicted molar refractivity (Wildman–Crippen MR) is 69.4 cm³/mol. The first-order valence-electron chi connectivity index (χ1n) is 5.82. The number of hydrogen-bond donors (Lipinski definition) is 2. The summed E-state index contributed by atoms with van der Waals surface area (Å²) in [6.45, 7) is -0.0490. The van der Waals surface area contributed by atoms with Crippen LogP contribution in [0.5, 0.6) is 0 Å². The van der Waals surface area contributed by atoms with Crippen LogP contribution in [0.1, 0.15) is 17.5 Å². The zero-order valence-electron chi connectivity index (χ0n) is 11.0. The normalized spacial score (nSPS) is 11.5. The topological polar surface area (TPSA) is 113 Å². The summed E-state index contributed by atoms with van der Waals surface area (Å²) in [5, 5.41) is 8.76. The summed E-state index contributed by atoms with van der Waals surface area (Å²) in [6.07, 6.45) is -0.274. The van der Waals surface area contributed by atoms with E-state index in [1.807, 2.05) is 6.07 Å². The van der Waals surface area contributed by atoms with E-state index in [9.17, 15) is 14.0 Å². The van der Waals surface area contributed by atoms with E-state index in [-0.39, 0.29) is 18.5 Å². The molecule has 0 spiro atoms. The van der Waals surface area contributed by atoms with Crippen molar-refractivity contribution in [3.63, 3.8) is 0 Å². The first-order chi connectivity index (χ1) is 9.35. The highest BCUT2D eigenvalue weighted by Gasteiger charge is 2.20. The molecule has 7 heteroatoms. The van der Waals surface area contributed by atoms with Crippen molar-refractivity contribution in [2.75, 3.05) is 7.05 Å². The number of primary amides is 1. The van der Waals surface area contributed by atoms with Crippen LogP contribution in [-0.2, 0) is 16.1 Å². The predicted octanol–water partition coefficient (Wildman–Crippen LogP) is -0.142. The second-order valence-electron chi connectivity index (χ2n) is 4.39. The number of nitriles is 1. The van der Waals surface area contributed by atoms with Gasteiger partial charge in [-0.25, -0.2) is 4.39 Å². The lowest BCUT2D eigenvalue weighted by atomic mass is 10.1. The highest BCUT2D eigenvalue weighted by atomic mass is 19.1. The lowest BCUT2D eigenvalue weighted by Gasteiger charge is -2.21. The number of amides is 2. The number of rotatable bonds is 5. The highest BCUT2D eigenvalue weighted by Crippen LogP contribution is 2.12. The molecule has 0 heterocycles. The van der Waals surface area contributed by atoms with Crippen molar-refractivity contribution < 1.29 is 14.0 Å². The van der Waals surface area contributed by atoms with Crippen LogP contribution in [0.4, 0.5) is 4.39 Å². The van der Waals surface area contributed by atoms with Gasteiger partial charge >= 0.3 is 0 Å². The number of carbonyl (C=O) groups is 2. The number of carbonyl (C=O) groups excluding carboxylic acids is 2. The molecule has 0 saturated heterocycles. The van der Waals surface area contributed by atoms with Crippen LogP contribution >= 0.6 is 0 Å². The zero-order valence-corrected chi connectivity index (χ0v) is 11.0. The van der Waals surface area contributed by atoms with Gasteiger partial charge in [-0.1, -0.05) is 0 Å². The number of benzene rings is 1. The Morgan fingerprint density at radius 2 is 2.15 bits per heavy atom. The van der Waals surface area contributed by atoms with Crippen LogP contribution in [0.2, 0.25) is 0 Å². The van der Waals surface area contributed by atoms with E-state index in [1.54, 1.807) is 0 Å². The maximum Gasteiger partial charge on any atom is 0.240 e. The van der Waals surface area contributed by atoms with Gasteiger partial charge in [0, 0.05) is 19.2 Å². The minimum absolute atomic E-state index is 0.0490. The first kappa shape index (κ1) is 15.6. The van der Waals surface area contributed by atoms with Gasteiger partial charge in [0.2, 0.25) is 11.8 Å². The maximum absolute atomic E-state index is 13.6. The summed E-state index contributed by atoms with van der Waals surface area (Å²) in [5.41, 5.74) is 11.0. The van der Waals surface area contributed by atoms with E-state index >= 15 is 0 Å². The number of halogens is 1. The van der Waals surface area contributed by atoms with Gasteiger partial charge in [-0.3, -0.25) is 9.59 Å². The summed E-state index contributed by atoms with van der Waals surface area (Å²) < 4.78 is 13.6. The van der Waals surface area contributed by atoms with Gasteiger partial charge in [0.1, 0.15) is 5.82 Å². The summed E-state index contributed by atoms with van der Waals surface area (Å²) in [4.78, 5) is 23.8. The summed E-state index contributed by atoms with van der Waals surface area (Å²) >= 11 is 0. The van der Waals surface area contributed by atoms with E-state index in [1.165, 1.54) is 24.1 Å². The number of nitrogens with zero attached hydrogens (tertiary/aromatic N) is 2. The molecule has 0 saturated carbocycles. The second-order valence-corrected chi connectivity index (χ2v) is 4.39. The minimum Gasteiger partial charge on any atom is -0.370 e. The van der Waals surface area contributed by atoms with E-state index in [0.717, 1.165) is 6.07 Å². The van der Waals surface area contributed by atoms with Gasteiger partial charge in [-0.2, -0.15) is 5.26 Å². The third-order valence-corrected chi connectivity index (χ3v) is 2.70. The van der Waals surface area contributed by atoms with Crippen molar-refractivity contribution in [3.8, 4) is 6.07 Å². The van der Waals surface area contributed by atoms with Crippen molar-refractivity contribution in [1.29, 1.82) is 5.26 Å². The third-order valence-electron chi connectivity index (χ3n) is 2.70. The summed E-state index contributed by atoms with van der Waals surface area (Å²) in [5.74, 6) is -1.73. The molecule has 106 valence electrons. The quantitative estimate of drug-likeness (QED) is 0.780. The van der Waals surface area contributed by atoms with Gasteiger partial charge in [0.15, 0.2) is 0 Å². The molecule has 2 amide bonds. The molecule has 1 unspecified atom stereocenters. The van der Waals surface area contributed by atoms with Crippen molar-refractivity contribution in [2.24, 2.45) is 11.5 Å². The van der Waals surface area contributed by atoms with Crippen LogP contribution in [0.25, 0.3) is 0 Å². The van der Waals surface area contributed by atoms with Crippen molar-refractivity contribution >= 4 is 11.8 Å². The Kier molecular flexibility index (Phi) is 5.17. The minimum atomic E-state index is -1.06. The monoisotopic (exact) mass is 278 g/mol. The molecule has 6 nitrogen and oxygen atoms in total. The largest absolute Gasteiger partial charge is 0.370 e. The molecule has 0 aliphatic carbocycles. The molecule has 1 aromatic carbocycles. The standard InChI is InChI=1S/C13H15FN4O2/c1-18(13(20)11(16)5-12(17)19)7-9-4-8(6-15)2-3-10(9)14/h2-4,11H,5,7,16H2,1H3,(H2,17,19). The van der Waals surface area contributed by atoms with Crippen LogP contribution in [-0.4, -0.2) is 29.8 Å². The van der Waals surface area contributed by atoms with E-state index in [4.69, 9.17) is 16.7 Å². The van der Waals surface area contributed by atoms with Gasteiger partial charge in [0.25, 0.3) is 0 Å². The average molecular weight is 278 g/mol. The molecule has 1 aromatic rings. The average Bonchev–Trinajstić information content (AvgIpc) is 2.39. The van der Waals surface area contributed by atoms with E-state index in [2.05, 4.69) is 0 Å². The Hall–Kier alpha value is -2.46. The van der Waals surface area contributed by atoms with Gasteiger partial charge in [-0.05, 0) is 18.2 Å². The summed E-state index contributed by atoms with van der Waals surface area (Å²) in [7, 11) is 1.43.